The van der Waals surface area contributed by atoms with E-state index in [9.17, 15) is 13.2 Å². The molecule has 0 unspecified atom stereocenters. The molecular formula is C21H22F3N5OS. The topological polar surface area (TPSA) is 71.4 Å². The molecule has 0 fully saturated rings. The second-order valence-electron chi connectivity index (χ2n) is 6.45. The Hall–Kier alpha value is -3.14. The van der Waals surface area contributed by atoms with Crippen LogP contribution in [0.5, 0.6) is 5.88 Å². The molecule has 0 aliphatic rings. The van der Waals surface area contributed by atoms with Crippen LogP contribution in [0.3, 0.4) is 0 Å². The molecule has 6 nitrogen and oxygen atoms in total. The first-order valence-corrected chi connectivity index (χ1v) is 10.5. The third-order valence-corrected chi connectivity index (χ3v) is 4.89. The maximum atomic E-state index is 12.7. The highest BCUT2D eigenvalue weighted by atomic mass is 32.1. The minimum atomic E-state index is -4.44. The largest absolute Gasteiger partial charge is 0.473 e. The third kappa shape index (κ3) is 7.25. The quantitative estimate of drug-likeness (QED) is 0.394. The van der Waals surface area contributed by atoms with Crippen LogP contribution >= 0.6 is 11.3 Å². The van der Waals surface area contributed by atoms with Crippen LogP contribution in [0.25, 0.3) is 0 Å². The summed E-state index contributed by atoms with van der Waals surface area (Å²) < 4.78 is 43.8. The number of aliphatic imine (C=N–C) groups is 1. The van der Waals surface area contributed by atoms with Crippen molar-refractivity contribution in [2.24, 2.45) is 4.99 Å². The van der Waals surface area contributed by atoms with E-state index in [1.54, 1.807) is 6.20 Å². The number of alkyl halides is 3. The molecule has 0 atom stereocenters. The Morgan fingerprint density at radius 2 is 1.94 bits per heavy atom. The van der Waals surface area contributed by atoms with Crippen LogP contribution in [0.15, 0.2) is 59.0 Å². The Morgan fingerprint density at radius 3 is 2.65 bits per heavy atom. The normalized spacial score (nSPS) is 11.9. The summed E-state index contributed by atoms with van der Waals surface area (Å²) in [7, 11) is 0. The lowest BCUT2D eigenvalue weighted by atomic mass is 10.2. The van der Waals surface area contributed by atoms with E-state index >= 15 is 0 Å². The number of halogens is 3. The first kappa shape index (κ1) is 22.5. The maximum Gasteiger partial charge on any atom is 0.434 e. The van der Waals surface area contributed by atoms with E-state index in [1.165, 1.54) is 0 Å². The molecular weight excluding hydrogens is 427 g/mol. The monoisotopic (exact) mass is 449 g/mol. The average Bonchev–Trinajstić information content (AvgIpc) is 3.25. The summed E-state index contributed by atoms with van der Waals surface area (Å²) in [5.74, 6) is 0.979. The maximum absolute atomic E-state index is 12.7. The van der Waals surface area contributed by atoms with Crippen molar-refractivity contribution in [3.05, 3.63) is 75.9 Å². The molecule has 0 bridgehead atoms. The van der Waals surface area contributed by atoms with Crippen molar-refractivity contribution < 1.29 is 17.9 Å². The van der Waals surface area contributed by atoms with Gasteiger partial charge in [0.1, 0.15) is 11.6 Å². The molecule has 10 heteroatoms. The molecule has 164 valence electrons. The number of guanidine groups is 1. The number of aromatic nitrogens is 2. The molecule has 2 aromatic heterocycles. The second-order valence-corrected chi connectivity index (χ2v) is 7.39. The Labute approximate surface area is 182 Å². The number of thiazole rings is 1. The summed E-state index contributed by atoms with van der Waals surface area (Å²) in [4.78, 5) is 12.3. The van der Waals surface area contributed by atoms with E-state index in [2.05, 4.69) is 25.6 Å². The summed E-state index contributed by atoms with van der Waals surface area (Å²) >= 11 is 0.955. The van der Waals surface area contributed by atoms with Crippen molar-refractivity contribution in [1.29, 1.82) is 0 Å². The zero-order valence-electron chi connectivity index (χ0n) is 16.8. The molecule has 0 aliphatic carbocycles. The summed E-state index contributed by atoms with van der Waals surface area (Å²) in [5, 5.41) is 7.41. The molecule has 0 saturated heterocycles. The van der Waals surface area contributed by atoms with E-state index in [0.29, 0.717) is 36.5 Å². The molecule has 0 amide bonds. The van der Waals surface area contributed by atoms with E-state index in [-0.39, 0.29) is 6.54 Å². The van der Waals surface area contributed by atoms with Gasteiger partial charge in [0.25, 0.3) is 0 Å². The molecule has 2 N–H and O–H groups in total. The molecule has 3 rings (SSSR count). The zero-order valence-corrected chi connectivity index (χ0v) is 17.6. The minimum absolute atomic E-state index is 0.147. The van der Waals surface area contributed by atoms with Gasteiger partial charge in [-0.05, 0) is 24.1 Å². The Bertz CT molecular complexity index is 992. The standard InChI is InChI=1S/C21H22F3N5OS/c1-2-25-20(28-12-19-29-17(14-31-19)21(22,23)24)27-11-16-8-9-26-18(10-16)30-13-15-6-4-3-5-7-15/h3-10,14H,2,11-13H2,1H3,(H2,25,27,28). The van der Waals surface area contributed by atoms with Crippen LogP contribution in [0.2, 0.25) is 0 Å². The van der Waals surface area contributed by atoms with Crippen LogP contribution in [0.1, 0.15) is 28.8 Å². The fraction of sp³-hybridized carbons (Fsp3) is 0.286. The number of nitrogens with one attached hydrogen (secondary N) is 2. The van der Waals surface area contributed by atoms with Crippen molar-refractivity contribution >= 4 is 17.3 Å². The number of hydrogen-bond acceptors (Lipinski definition) is 5. The molecule has 1 aromatic carbocycles. The van der Waals surface area contributed by atoms with Crippen LogP contribution in [-0.2, 0) is 25.9 Å². The zero-order chi connectivity index (χ0) is 22.1. The van der Waals surface area contributed by atoms with Gasteiger partial charge in [-0.3, -0.25) is 0 Å². The minimum Gasteiger partial charge on any atom is -0.473 e. The van der Waals surface area contributed by atoms with Crippen molar-refractivity contribution in [3.8, 4) is 5.88 Å². The van der Waals surface area contributed by atoms with Crippen LogP contribution in [-0.4, -0.2) is 22.5 Å². The highest BCUT2D eigenvalue weighted by Gasteiger charge is 2.33. The summed E-state index contributed by atoms with van der Waals surface area (Å²) in [6.07, 6.45) is -2.78. The summed E-state index contributed by atoms with van der Waals surface area (Å²) in [6.45, 7) is 3.43. The number of pyridine rings is 1. The predicted molar refractivity (Wildman–Crippen MR) is 114 cm³/mol. The molecule has 0 saturated carbocycles. The van der Waals surface area contributed by atoms with Gasteiger partial charge in [-0.2, -0.15) is 13.2 Å². The van der Waals surface area contributed by atoms with Gasteiger partial charge in [0.15, 0.2) is 11.7 Å². The van der Waals surface area contributed by atoms with E-state index in [4.69, 9.17) is 4.74 Å². The molecule has 0 aliphatic heterocycles. The molecule has 0 radical (unpaired) electrons. The van der Waals surface area contributed by atoms with Gasteiger partial charge < -0.3 is 15.4 Å². The fourth-order valence-electron chi connectivity index (χ4n) is 2.55. The van der Waals surface area contributed by atoms with Crippen LogP contribution in [0.4, 0.5) is 13.2 Å². The Morgan fingerprint density at radius 1 is 1.13 bits per heavy atom. The van der Waals surface area contributed by atoms with E-state index in [1.807, 2.05) is 49.4 Å². The van der Waals surface area contributed by atoms with E-state index < -0.39 is 11.9 Å². The highest BCUT2D eigenvalue weighted by molar-refractivity contribution is 7.09. The van der Waals surface area contributed by atoms with Gasteiger partial charge in [-0.15, -0.1) is 11.3 Å². The number of hydrogen-bond donors (Lipinski definition) is 2. The van der Waals surface area contributed by atoms with Crippen molar-refractivity contribution in [1.82, 2.24) is 20.6 Å². The Balaban J connectivity index is 1.57. The van der Waals surface area contributed by atoms with Gasteiger partial charge in [0, 0.05) is 24.2 Å². The van der Waals surface area contributed by atoms with Gasteiger partial charge in [0.2, 0.25) is 5.88 Å². The van der Waals surface area contributed by atoms with Gasteiger partial charge in [-0.25, -0.2) is 15.0 Å². The number of nitrogens with zero attached hydrogens (tertiary/aromatic N) is 3. The van der Waals surface area contributed by atoms with E-state index in [0.717, 1.165) is 27.8 Å². The third-order valence-electron chi connectivity index (χ3n) is 4.04. The second kappa shape index (κ2) is 10.8. The van der Waals surface area contributed by atoms with Gasteiger partial charge >= 0.3 is 6.18 Å². The highest BCUT2D eigenvalue weighted by Crippen LogP contribution is 2.29. The SMILES string of the molecule is CCNC(=NCc1ccnc(OCc2ccccc2)c1)NCc1nc(C(F)(F)F)cs1. The molecule has 0 spiro atoms. The molecule has 2 heterocycles. The lowest BCUT2D eigenvalue weighted by Crippen LogP contribution is -2.36. The Kier molecular flexibility index (Phi) is 7.82. The smallest absolute Gasteiger partial charge is 0.434 e. The lowest BCUT2D eigenvalue weighted by molar-refractivity contribution is -0.140. The number of ether oxygens (including phenoxy) is 1. The van der Waals surface area contributed by atoms with Crippen LogP contribution < -0.4 is 15.4 Å². The van der Waals surface area contributed by atoms with Crippen LogP contribution in [0, 0.1) is 0 Å². The molecule has 31 heavy (non-hydrogen) atoms. The van der Waals surface area contributed by atoms with Crippen molar-refractivity contribution in [2.75, 3.05) is 6.54 Å². The van der Waals surface area contributed by atoms with Gasteiger partial charge in [0.05, 0.1) is 13.1 Å². The van der Waals surface area contributed by atoms with Crippen molar-refractivity contribution in [2.45, 2.75) is 32.8 Å². The van der Waals surface area contributed by atoms with Crippen molar-refractivity contribution in [3.63, 3.8) is 0 Å². The summed E-state index contributed by atoms with van der Waals surface area (Å²) in [6, 6.07) is 13.4. The average molecular weight is 450 g/mol. The first-order valence-electron chi connectivity index (χ1n) is 9.59. The predicted octanol–water partition coefficient (Wildman–Crippen LogP) is 4.39. The molecule has 3 aromatic rings. The number of benzene rings is 1. The first-order chi connectivity index (χ1) is 14.9. The summed E-state index contributed by atoms with van der Waals surface area (Å²) in [5.41, 5.74) is 1.06. The fourth-order valence-corrected chi connectivity index (χ4v) is 3.29. The van der Waals surface area contributed by atoms with Gasteiger partial charge in [-0.1, -0.05) is 30.3 Å². The number of rotatable bonds is 8. The lowest BCUT2D eigenvalue weighted by Gasteiger charge is -2.10.